The lowest BCUT2D eigenvalue weighted by atomic mass is 9.93. The summed E-state index contributed by atoms with van der Waals surface area (Å²) in [5, 5.41) is 5.84. The van der Waals surface area contributed by atoms with Gasteiger partial charge >= 0.3 is 6.09 Å². The molecule has 1 rings (SSSR count). The first-order chi connectivity index (χ1) is 17.6. The first-order valence-corrected chi connectivity index (χ1v) is 14.5. The maximum atomic E-state index is 14.2. The predicted molar refractivity (Wildman–Crippen MR) is 159 cm³/mol. The fourth-order valence-electron chi connectivity index (χ4n) is 4.43. The van der Waals surface area contributed by atoms with Crippen LogP contribution in [0.3, 0.4) is 0 Å². The maximum absolute atomic E-state index is 14.2. The second kappa shape index (κ2) is 15.4. The molecule has 1 aromatic carbocycles. The maximum Gasteiger partial charge on any atom is 0.408 e. The number of rotatable bonds is 13. The third kappa shape index (κ3) is 10.9. The second-order valence-electron chi connectivity index (χ2n) is 11.9. The van der Waals surface area contributed by atoms with E-state index in [1.807, 2.05) is 45.9 Å². The van der Waals surface area contributed by atoms with Gasteiger partial charge in [0.05, 0.1) is 0 Å². The number of aryl methyl sites for hydroxylation is 2. The second-order valence-corrected chi connectivity index (χ2v) is 12.3. The number of nitrogens with one attached hydrogen (secondary N) is 2. The van der Waals surface area contributed by atoms with E-state index in [4.69, 9.17) is 4.74 Å². The van der Waals surface area contributed by atoms with Crippen LogP contribution in [0.2, 0.25) is 0 Å². The number of benzene rings is 1. The summed E-state index contributed by atoms with van der Waals surface area (Å²) in [7, 11) is 0. The van der Waals surface area contributed by atoms with Crippen molar-refractivity contribution in [1.82, 2.24) is 15.5 Å². The van der Waals surface area contributed by atoms with E-state index < -0.39 is 23.8 Å². The van der Waals surface area contributed by atoms with Crippen LogP contribution in [0.15, 0.2) is 18.2 Å². The molecule has 38 heavy (non-hydrogen) atoms. The van der Waals surface area contributed by atoms with Crippen molar-refractivity contribution in [2.24, 2.45) is 5.92 Å². The van der Waals surface area contributed by atoms with Crippen LogP contribution in [-0.4, -0.2) is 52.3 Å². The summed E-state index contributed by atoms with van der Waals surface area (Å²) < 4.78 is 5.41. The van der Waals surface area contributed by atoms with Gasteiger partial charge in [0.25, 0.3) is 0 Å². The highest BCUT2D eigenvalue weighted by Crippen LogP contribution is 2.30. The van der Waals surface area contributed by atoms with Crippen molar-refractivity contribution in [1.29, 1.82) is 0 Å². The van der Waals surface area contributed by atoms with Gasteiger partial charge in [-0.1, -0.05) is 51.0 Å². The molecule has 0 radical (unpaired) electrons. The Bertz CT molecular complexity index is 929. The molecule has 0 saturated heterocycles. The normalized spacial score (nSPS) is 14.8. The Morgan fingerprint density at radius 1 is 1.00 bits per heavy atom. The van der Waals surface area contributed by atoms with Gasteiger partial charge in [-0.05, 0) is 84.8 Å². The smallest absolute Gasteiger partial charge is 0.408 e. The van der Waals surface area contributed by atoms with E-state index in [-0.39, 0.29) is 29.7 Å². The zero-order chi connectivity index (χ0) is 29.2. The number of nitrogens with zero attached hydrogens (tertiary/aromatic N) is 1. The minimum atomic E-state index is -0.955. The average molecular weight is 550 g/mol. The van der Waals surface area contributed by atoms with Gasteiger partial charge in [-0.15, -0.1) is 0 Å². The van der Waals surface area contributed by atoms with Crippen LogP contribution >= 0.6 is 12.6 Å². The van der Waals surface area contributed by atoms with Gasteiger partial charge in [0.2, 0.25) is 11.8 Å². The van der Waals surface area contributed by atoms with Crippen molar-refractivity contribution < 1.29 is 19.1 Å². The van der Waals surface area contributed by atoms with E-state index in [0.29, 0.717) is 12.3 Å². The van der Waals surface area contributed by atoms with Gasteiger partial charge in [0.15, 0.2) is 0 Å². The van der Waals surface area contributed by atoms with E-state index in [1.54, 1.807) is 25.7 Å². The highest BCUT2D eigenvalue weighted by Gasteiger charge is 2.39. The van der Waals surface area contributed by atoms with Gasteiger partial charge in [-0.25, -0.2) is 4.79 Å². The van der Waals surface area contributed by atoms with Gasteiger partial charge in [-0.3, -0.25) is 9.59 Å². The molecule has 0 heterocycles. The van der Waals surface area contributed by atoms with E-state index in [1.165, 1.54) is 0 Å². The average Bonchev–Trinajstić information content (AvgIpc) is 2.79. The summed E-state index contributed by atoms with van der Waals surface area (Å²) in [4.78, 5) is 42.5. The first-order valence-electron chi connectivity index (χ1n) is 13.9. The molecule has 1 aromatic rings. The molecular weight excluding hydrogens is 498 g/mol. The Hall–Kier alpha value is -2.22. The van der Waals surface area contributed by atoms with Gasteiger partial charge in [-0.2, -0.15) is 12.6 Å². The monoisotopic (exact) mass is 549 g/mol. The SMILES string of the molecule is CCCC(C)NC(=O)C(c1cc(C)ccc1C)N(C(=O)C(CS)NC(=O)OC(C)(C)C)C(C)CCC(C)C. The molecule has 0 spiro atoms. The molecule has 3 amide bonds. The van der Waals surface area contributed by atoms with Crippen molar-refractivity contribution in [2.75, 3.05) is 5.75 Å². The Morgan fingerprint density at radius 2 is 1.63 bits per heavy atom. The number of hydrogen-bond acceptors (Lipinski definition) is 5. The quantitative estimate of drug-likeness (QED) is 0.259. The molecule has 0 aliphatic rings. The van der Waals surface area contributed by atoms with Crippen LogP contribution in [-0.2, 0) is 14.3 Å². The Balaban J connectivity index is 3.62. The van der Waals surface area contributed by atoms with Crippen LogP contribution in [0.5, 0.6) is 0 Å². The lowest BCUT2D eigenvalue weighted by Gasteiger charge is -2.39. The number of amides is 3. The largest absolute Gasteiger partial charge is 0.444 e. The molecule has 8 heteroatoms. The number of carbonyl (C=O) groups is 3. The number of thiol groups is 1. The third-order valence-electron chi connectivity index (χ3n) is 6.43. The minimum absolute atomic E-state index is 0.0383. The van der Waals surface area contributed by atoms with Crippen LogP contribution in [0.1, 0.15) is 104 Å². The fraction of sp³-hybridized carbons (Fsp3) is 0.700. The molecule has 0 saturated carbocycles. The molecule has 0 fully saturated rings. The molecule has 0 aliphatic heterocycles. The molecule has 4 unspecified atom stereocenters. The molecule has 7 nitrogen and oxygen atoms in total. The van der Waals surface area contributed by atoms with Gasteiger partial charge < -0.3 is 20.3 Å². The summed E-state index contributed by atoms with van der Waals surface area (Å²) in [5.74, 6) is -0.0720. The van der Waals surface area contributed by atoms with Crippen molar-refractivity contribution in [3.8, 4) is 0 Å². The van der Waals surface area contributed by atoms with Crippen LogP contribution < -0.4 is 10.6 Å². The number of hydrogen-bond donors (Lipinski definition) is 3. The van der Waals surface area contributed by atoms with Crippen LogP contribution in [0, 0.1) is 19.8 Å². The standard InChI is InChI=1S/C30H51N3O4S/c1-11-12-22(6)31-27(34)26(24-17-20(4)14-15-21(24)5)33(23(7)16-13-19(2)3)28(35)25(18-38)32-29(36)37-30(8,9)10/h14-15,17,19,22-23,25-26,38H,11-13,16,18H2,1-10H3,(H,31,34)(H,32,36). The lowest BCUT2D eigenvalue weighted by molar-refractivity contribution is -0.145. The summed E-state index contributed by atoms with van der Waals surface area (Å²) in [6.07, 6.45) is 2.69. The molecule has 4 atom stereocenters. The van der Waals surface area contributed by atoms with Crippen molar-refractivity contribution >= 4 is 30.5 Å². The topological polar surface area (TPSA) is 87.7 Å². The number of alkyl carbamates (subject to hydrolysis) is 1. The Labute approximate surface area is 236 Å². The molecule has 0 aromatic heterocycles. The van der Waals surface area contributed by atoms with Crippen molar-refractivity contribution in [3.63, 3.8) is 0 Å². The van der Waals surface area contributed by atoms with E-state index in [2.05, 4.69) is 44.0 Å². The molecule has 0 bridgehead atoms. The molecule has 0 aliphatic carbocycles. The van der Waals surface area contributed by atoms with Gasteiger partial charge in [0, 0.05) is 17.8 Å². The summed E-state index contributed by atoms with van der Waals surface area (Å²) in [5.41, 5.74) is 2.00. The lowest BCUT2D eigenvalue weighted by Crippen LogP contribution is -2.56. The third-order valence-corrected chi connectivity index (χ3v) is 6.79. The predicted octanol–water partition coefficient (Wildman–Crippen LogP) is 6.13. The highest BCUT2D eigenvalue weighted by atomic mass is 32.1. The number of ether oxygens (including phenoxy) is 1. The van der Waals surface area contributed by atoms with Crippen LogP contribution in [0.25, 0.3) is 0 Å². The minimum Gasteiger partial charge on any atom is -0.444 e. The Kier molecular flexibility index (Phi) is 13.7. The zero-order valence-corrected chi connectivity index (χ0v) is 26.1. The summed E-state index contributed by atoms with van der Waals surface area (Å²) in [6, 6.07) is 3.86. The van der Waals surface area contributed by atoms with E-state index >= 15 is 0 Å². The van der Waals surface area contributed by atoms with E-state index in [0.717, 1.165) is 36.0 Å². The van der Waals surface area contributed by atoms with Crippen molar-refractivity contribution in [3.05, 3.63) is 34.9 Å². The zero-order valence-electron chi connectivity index (χ0n) is 25.2. The highest BCUT2D eigenvalue weighted by molar-refractivity contribution is 7.80. The van der Waals surface area contributed by atoms with Gasteiger partial charge in [0.1, 0.15) is 17.7 Å². The fourth-order valence-corrected chi connectivity index (χ4v) is 4.67. The van der Waals surface area contributed by atoms with Crippen molar-refractivity contribution in [2.45, 2.75) is 125 Å². The van der Waals surface area contributed by atoms with Crippen LogP contribution in [0.4, 0.5) is 4.79 Å². The summed E-state index contributed by atoms with van der Waals surface area (Å²) in [6.45, 7) is 19.6. The number of carbonyl (C=O) groups excluding carboxylic acids is 3. The molecular formula is C30H51N3O4S. The summed E-state index contributed by atoms with van der Waals surface area (Å²) >= 11 is 4.40. The Morgan fingerprint density at radius 3 is 2.16 bits per heavy atom. The molecule has 2 N–H and O–H groups in total. The first kappa shape index (κ1) is 33.8. The molecule has 216 valence electrons. The van der Waals surface area contributed by atoms with E-state index in [9.17, 15) is 14.4 Å².